The summed E-state index contributed by atoms with van der Waals surface area (Å²) in [6.45, 7) is 6.25. The highest BCUT2D eigenvalue weighted by molar-refractivity contribution is 7.99. The third-order valence-electron chi connectivity index (χ3n) is 4.12. The first kappa shape index (κ1) is 21.9. The fourth-order valence-electron chi connectivity index (χ4n) is 2.59. The maximum Gasteiger partial charge on any atom is 0.234 e. The van der Waals surface area contributed by atoms with Crippen LogP contribution in [0.3, 0.4) is 0 Å². The van der Waals surface area contributed by atoms with E-state index in [1.165, 1.54) is 30.0 Å². The van der Waals surface area contributed by atoms with Gasteiger partial charge in [0.1, 0.15) is 18.2 Å². The molecule has 0 bridgehead atoms. The molecule has 0 saturated carbocycles. The predicted molar refractivity (Wildman–Crippen MR) is 116 cm³/mol. The Morgan fingerprint density at radius 3 is 2.87 bits per heavy atom. The number of hydrogen-bond donors (Lipinski definition) is 1. The summed E-state index contributed by atoms with van der Waals surface area (Å²) >= 11 is 7.05. The van der Waals surface area contributed by atoms with Crippen molar-refractivity contribution in [2.24, 2.45) is 0 Å². The minimum absolute atomic E-state index is 0.0176. The van der Waals surface area contributed by atoms with Gasteiger partial charge in [-0.05, 0) is 30.7 Å². The van der Waals surface area contributed by atoms with Gasteiger partial charge in [0, 0.05) is 18.3 Å². The van der Waals surface area contributed by atoms with Gasteiger partial charge < -0.3 is 10.1 Å². The molecule has 0 aliphatic rings. The van der Waals surface area contributed by atoms with Crippen molar-refractivity contribution < 1.29 is 13.9 Å². The SMILES string of the molecule is C=CCn1c(COc2ccc(F)c(Cl)c2)nnc1SCC(=O)Nc1ccccc1C. The normalized spacial score (nSPS) is 10.6. The molecule has 0 saturated heterocycles. The van der Waals surface area contributed by atoms with Gasteiger partial charge in [-0.15, -0.1) is 16.8 Å². The van der Waals surface area contributed by atoms with Crippen LogP contribution >= 0.6 is 23.4 Å². The van der Waals surface area contributed by atoms with E-state index < -0.39 is 5.82 Å². The standard InChI is InChI=1S/C21H20ClFN4O2S/c1-3-10-27-19(12-29-15-8-9-17(23)16(22)11-15)25-26-21(27)30-13-20(28)24-18-7-5-4-6-14(18)2/h3-9,11H,1,10,12-13H2,2H3,(H,24,28). The zero-order chi connectivity index (χ0) is 21.5. The van der Waals surface area contributed by atoms with Crippen LogP contribution in [0.25, 0.3) is 0 Å². The lowest BCUT2D eigenvalue weighted by atomic mass is 10.2. The summed E-state index contributed by atoms with van der Waals surface area (Å²) in [5.74, 6) is 0.499. The van der Waals surface area contributed by atoms with Crippen LogP contribution in [0.2, 0.25) is 5.02 Å². The topological polar surface area (TPSA) is 69.0 Å². The molecule has 3 aromatic rings. The first-order chi connectivity index (χ1) is 14.5. The Morgan fingerprint density at radius 1 is 1.33 bits per heavy atom. The average molecular weight is 447 g/mol. The number of carbonyl (C=O) groups is 1. The van der Waals surface area contributed by atoms with Gasteiger partial charge in [0.2, 0.25) is 5.91 Å². The zero-order valence-corrected chi connectivity index (χ0v) is 17.8. The Hall–Kier alpha value is -2.84. The summed E-state index contributed by atoms with van der Waals surface area (Å²) in [7, 11) is 0. The van der Waals surface area contributed by atoms with Gasteiger partial charge in [0.05, 0.1) is 10.8 Å². The second-order valence-corrected chi connectivity index (χ2v) is 7.66. The highest BCUT2D eigenvalue weighted by Gasteiger charge is 2.15. The molecule has 0 spiro atoms. The summed E-state index contributed by atoms with van der Waals surface area (Å²) < 4.78 is 20.7. The number of benzene rings is 2. The summed E-state index contributed by atoms with van der Waals surface area (Å²) in [6.07, 6.45) is 1.71. The quantitative estimate of drug-likeness (QED) is 0.375. The average Bonchev–Trinajstić information content (AvgIpc) is 3.11. The lowest BCUT2D eigenvalue weighted by Crippen LogP contribution is -2.15. The Labute approximate surface area is 183 Å². The summed E-state index contributed by atoms with van der Waals surface area (Å²) in [5.41, 5.74) is 1.77. The van der Waals surface area contributed by atoms with Crippen LogP contribution < -0.4 is 10.1 Å². The lowest BCUT2D eigenvalue weighted by molar-refractivity contribution is -0.113. The maximum absolute atomic E-state index is 13.3. The van der Waals surface area contributed by atoms with E-state index in [1.54, 1.807) is 6.08 Å². The predicted octanol–water partition coefficient (Wildman–Crippen LogP) is 4.87. The third-order valence-corrected chi connectivity index (χ3v) is 5.37. The number of allylic oxidation sites excluding steroid dienone is 1. The summed E-state index contributed by atoms with van der Waals surface area (Å²) in [5, 5.41) is 11.8. The highest BCUT2D eigenvalue weighted by Crippen LogP contribution is 2.23. The molecule has 0 fully saturated rings. The molecular weight excluding hydrogens is 427 g/mol. The van der Waals surface area contributed by atoms with Crippen molar-refractivity contribution in [3.63, 3.8) is 0 Å². The molecule has 2 aromatic carbocycles. The molecule has 1 N–H and O–H groups in total. The van der Waals surface area contributed by atoms with Gasteiger partial charge >= 0.3 is 0 Å². The number of nitrogens with one attached hydrogen (secondary N) is 1. The van der Waals surface area contributed by atoms with E-state index in [0.29, 0.717) is 23.3 Å². The third kappa shape index (κ3) is 5.61. The maximum atomic E-state index is 13.3. The molecule has 0 unspecified atom stereocenters. The number of anilines is 1. The minimum atomic E-state index is -0.512. The van der Waals surface area contributed by atoms with Gasteiger partial charge in [0.25, 0.3) is 0 Å². The molecule has 30 heavy (non-hydrogen) atoms. The van der Waals surface area contributed by atoms with Gasteiger partial charge in [-0.2, -0.15) is 0 Å². The molecular formula is C21H20ClFN4O2S. The van der Waals surface area contributed by atoms with Gasteiger partial charge in [-0.1, -0.05) is 47.6 Å². The molecule has 156 valence electrons. The zero-order valence-electron chi connectivity index (χ0n) is 16.3. The smallest absolute Gasteiger partial charge is 0.234 e. The number of ether oxygens (including phenoxy) is 1. The number of aryl methyl sites for hydroxylation is 1. The van der Waals surface area contributed by atoms with Crippen molar-refractivity contribution in [1.29, 1.82) is 0 Å². The molecule has 3 rings (SSSR count). The van der Waals surface area contributed by atoms with Gasteiger partial charge in [-0.25, -0.2) is 4.39 Å². The number of para-hydroxylation sites is 1. The lowest BCUT2D eigenvalue weighted by Gasteiger charge is -2.10. The highest BCUT2D eigenvalue weighted by atomic mass is 35.5. The fourth-order valence-corrected chi connectivity index (χ4v) is 3.53. The fraction of sp³-hybridized carbons (Fsp3) is 0.190. The molecule has 0 aliphatic heterocycles. The number of thioether (sulfide) groups is 1. The molecule has 1 amide bonds. The number of nitrogens with zero attached hydrogens (tertiary/aromatic N) is 3. The van der Waals surface area contributed by atoms with Crippen LogP contribution in [-0.4, -0.2) is 26.4 Å². The number of hydrogen-bond acceptors (Lipinski definition) is 5. The van der Waals surface area contributed by atoms with Crippen molar-refractivity contribution >= 4 is 35.0 Å². The molecule has 6 nitrogen and oxygen atoms in total. The van der Waals surface area contributed by atoms with E-state index in [0.717, 1.165) is 11.3 Å². The van der Waals surface area contributed by atoms with Crippen molar-refractivity contribution in [1.82, 2.24) is 14.8 Å². The van der Waals surface area contributed by atoms with Crippen molar-refractivity contribution in [2.75, 3.05) is 11.1 Å². The van der Waals surface area contributed by atoms with Crippen LogP contribution in [0.15, 0.2) is 60.3 Å². The minimum Gasteiger partial charge on any atom is -0.486 e. The van der Waals surface area contributed by atoms with Crippen LogP contribution in [0.5, 0.6) is 5.75 Å². The molecule has 0 aliphatic carbocycles. The van der Waals surface area contributed by atoms with E-state index in [-0.39, 0.29) is 23.3 Å². The Bertz CT molecular complexity index is 1060. The van der Waals surface area contributed by atoms with Crippen LogP contribution in [-0.2, 0) is 17.9 Å². The number of halogens is 2. The molecule has 0 atom stereocenters. The van der Waals surface area contributed by atoms with Crippen LogP contribution in [0.1, 0.15) is 11.4 Å². The van der Waals surface area contributed by atoms with E-state index in [1.807, 2.05) is 35.8 Å². The molecule has 0 radical (unpaired) electrons. The second kappa shape index (κ2) is 10.3. The van der Waals surface area contributed by atoms with Gasteiger partial charge in [-0.3, -0.25) is 9.36 Å². The summed E-state index contributed by atoms with van der Waals surface area (Å²) in [6, 6.07) is 11.7. The largest absolute Gasteiger partial charge is 0.486 e. The van der Waals surface area contributed by atoms with Crippen LogP contribution in [0, 0.1) is 12.7 Å². The van der Waals surface area contributed by atoms with Crippen molar-refractivity contribution in [2.45, 2.75) is 25.2 Å². The number of amides is 1. The Morgan fingerprint density at radius 2 is 2.13 bits per heavy atom. The first-order valence-electron chi connectivity index (χ1n) is 9.07. The first-order valence-corrected chi connectivity index (χ1v) is 10.4. The van der Waals surface area contributed by atoms with Gasteiger partial charge in [0.15, 0.2) is 11.0 Å². The summed E-state index contributed by atoms with van der Waals surface area (Å²) in [4.78, 5) is 12.3. The number of carbonyl (C=O) groups excluding carboxylic acids is 1. The molecule has 9 heteroatoms. The Balaban J connectivity index is 1.63. The van der Waals surface area contributed by atoms with Crippen molar-refractivity contribution in [3.8, 4) is 5.75 Å². The van der Waals surface area contributed by atoms with E-state index in [9.17, 15) is 9.18 Å². The second-order valence-electron chi connectivity index (χ2n) is 6.31. The molecule has 1 aromatic heterocycles. The number of aromatic nitrogens is 3. The van der Waals surface area contributed by atoms with Crippen molar-refractivity contribution in [3.05, 3.63) is 77.3 Å². The van der Waals surface area contributed by atoms with E-state index in [2.05, 4.69) is 22.1 Å². The number of rotatable bonds is 9. The monoisotopic (exact) mass is 446 g/mol. The molecule has 1 heterocycles. The Kier molecular flexibility index (Phi) is 7.48. The van der Waals surface area contributed by atoms with E-state index >= 15 is 0 Å². The van der Waals surface area contributed by atoms with E-state index in [4.69, 9.17) is 16.3 Å². The van der Waals surface area contributed by atoms with Crippen LogP contribution in [0.4, 0.5) is 10.1 Å².